The highest BCUT2D eigenvalue weighted by Gasteiger charge is 2.11. The van der Waals surface area contributed by atoms with Crippen LogP contribution < -0.4 is 0 Å². The van der Waals surface area contributed by atoms with Gasteiger partial charge in [-0.25, -0.2) is 4.79 Å². The van der Waals surface area contributed by atoms with Crippen molar-refractivity contribution in [2.24, 2.45) is 0 Å². The van der Waals surface area contributed by atoms with Gasteiger partial charge in [0.25, 0.3) is 0 Å². The lowest BCUT2D eigenvalue weighted by Crippen LogP contribution is -2.09. The standard InChI is InChI=1S/C19H29O3/c1-4-5-6-7-8-9-10-11-14-21-22-19(20)18-15-16(2)12-13-17(18)3/h12-13,15H,1,4-11,14H2,2-3H3. The Morgan fingerprint density at radius 1 is 1.00 bits per heavy atom. The molecule has 1 rings (SSSR count). The molecular formula is C19H29O3. The summed E-state index contributed by atoms with van der Waals surface area (Å²) in [7, 11) is 0. The van der Waals surface area contributed by atoms with Gasteiger partial charge in [0.15, 0.2) is 0 Å². The molecule has 0 spiro atoms. The van der Waals surface area contributed by atoms with Gasteiger partial charge in [-0.15, -0.1) is 0 Å². The number of aryl methyl sites for hydroxylation is 2. The van der Waals surface area contributed by atoms with Gasteiger partial charge in [0.1, 0.15) is 0 Å². The van der Waals surface area contributed by atoms with Crippen molar-refractivity contribution < 1.29 is 14.6 Å². The van der Waals surface area contributed by atoms with Crippen LogP contribution in [0.3, 0.4) is 0 Å². The lowest BCUT2D eigenvalue weighted by atomic mass is 10.1. The van der Waals surface area contributed by atoms with Gasteiger partial charge in [0.2, 0.25) is 0 Å². The Morgan fingerprint density at radius 2 is 1.64 bits per heavy atom. The second kappa shape index (κ2) is 11.2. The Morgan fingerprint density at radius 3 is 2.32 bits per heavy atom. The van der Waals surface area contributed by atoms with Crippen molar-refractivity contribution in [1.29, 1.82) is 0 Å². The average Bonchev–Trinajstić information content (AvgIpc) is 2.51. The summed E-state index contributed by atoms with van der Waals surface area (Å²) in [6, 6.07) is 5.72. The molecule has 0 aliphatic rings. The summed E-state index contributed by atoms with van der Waals surface area (Å²) < 4.78 is 0. The molecule has 0 saturated heterocycles. The molecule has 0 aliphatic heterocycles. The van der Waals surface area contributed by atoms with Gasteiger partial charge in [0, 0.05) is 0 Å². The van der Waals surface area contributed by atoms with E-state index in [2.05, 4.69) is 6.92 Å². The molecule has 22 heavy (non-hydrogen) atoms. The Kier molecular flexibility index (Phi) is 9.56. The van der Waals surface area contributed by atoms with Crippen molar-refractivity contribution in [3.8, 4) is 0 Å². The van der Waals surface area contributed by atoms with E-state index < -0.39 is 5.97 Å². The number of hydrogen-bond donors (Lipinski definition) is 0. The smallest absolute Gasteiger partial charge is 0.293 e. The fourth-order valence-corrected chi connectivity index (χ4v) is 2.32. The Balaban J connectivity index is 2.07. The maximum atomic E-state index is 11.9. The van der Waals surface area contributed by atoms with E-state index in [-0.39, 0.29) is 0 Å². The Bertz CT molecular complexity index is 440. The summed E-state index contributed by atoms with van der Waals surface area (Å²) in [6.07, 6.45) is 9.37. The first-order valence-electron chi connectivity index (χ1n) is 8.35. The molecule has 0 unspecified atom stereocenters. The molecule has 3 nitrogen and oxygen atoms in total. The van der Waals surface area contributed by atoms with Crippen LogP contribution in [0.25, 0.3) is 0 Å². The van der Waals surface area contributed by atoms with E-state index in [1.165, 1.54) is 32.1 Å². The first kappa shape index (κ1) is 18.7. The lowest BCUT2D eigenvalue weighted by Gasteiger charge is -2.07. The highest BCUT2D eigenvalue weighted by atomic mass is 17.2. The molecule has 0 fully saturated rings. The van der Waals surface area contributed by atoms with Crippen LogP contribution in [-0.2, 0) is 9.78 Å². The monoisotopic (exact) mass is 305 g/mol. The highest BCUT2D eigenvalue weighted by Crippen LogP contribution is 2.12. The van der Waals surface area contributed by atoms with Crippen molar-refractivity contribution in [2.45, 2.75) is 65.2 Å². The van der Waals surface area contributed by atoms with E-state index in [9.17, 15) is 4.79 Å². The van der Waals surface area contributed by atoms with Gasteiger partial charge in [-0.3, -0.25) is 4.89 Å². The van der Waals surface area contributed by atoms with Crippen LogP contribution in [0.4, 0.5) is 0 Å². The maximum Gasteiger partial charge on any atom is 0.373 e. The summed E-state index contributed by atoms with van der Waals surface area (Å²) in [4.78, 5) is 21.8. The van der Waals surface area contributed by atoms with Gasteiger partial charge >= 0.3 is 5.97 Å². The zero-order chi connectivity index (χ0) is 16.2. The third-order valence-electron chi connectivity index (χ3n) is 3.73. The molecule has 0 aliphatic carbocycles. The number of hydrogen-bond acceptors (Lipinski definition) is 3. The second-order valence-electron chi connectivity index (χ2n) is 5.84. The normalized spacial score (nSPS) is 10.7. The summed E-state index contributed by atoms with van der Waals surface area (Å²) in [5.41, 5.74) is 2.52. The quantitative estimate of drug-likeness (QED) is 0.314. The predicted molar refractivity (Wildman–Crippen MR) is 89.6 cm³/mol. The minimum atomic E-state index is -0.408. The molecule has 0 heterocycles. The molecule has 0 amide bonds. The minimum absolute atomic E-state index is 0.408. The zero-order valence-electron chi connectivity index (χ0n) is 14.0. The first-order valence-corrected chi connectivity index (χ1v) is 8.35. The molecule has 0 bridgehead atoms. The van der Waals surface area contributed by atoms with Gasteiger partial charge in [-0.1, -0.05) is 69.6 Å². The molecule has 0 saturated carbocycles. The molecule has 123 valence electrons. The molecule has 1 aromatic rings. The van der Waals surface area contributed by atoms with E-state index in [1.54, 1.807) is 0 Å². The first-order chi connectivity index (χ1) is 10.6. The second-order valence-corrected chi connectivity index (χ2v) is 5.84. The van der Waals surface area contributed by atoms with E-state index in [0.29, 0.717) is 12.2 Å². The van der Waals surface area contributed by atoms with Crippen LogP contribution in [0, 0.1) is 20.8 Å². The zero-order valence-corrected chi connectivity index (χ0v) is 14.0. The fraction of sp³-hybridized carbons (Fsp3) is 0.579. The van der Waals surface area contributed by atoms with Crippen LogP contribution >= 0.6 is 0 Å². The lowest BCUT2D eigenvalue weighted by molar-refractivity contribution is -0.241. The van der Waals surface area contributed by atoms with Crippen LogP contribution in [0.5, 0.6) is 0 Å². The number of benzene rings is 1. The fourth-order valence-electron chi connectivity index (χ4n) is 2.32. The molecule has 3 heteroatoms. The maximum absolute atomic E-state index is 11.9. The Labute approximate surface area is 134 Å². The SMILES string of the molecule is [CH2]CCCCCCCCCOOC(=O)c1cc(C)ccc1C. The van der Waals surface area contributed by atoms with Gasteiger partial charge in [-0.05, 0) is 31.9 Å². The average molecular weight is 305 g/mol. The van der Waals surface area contributed by atoms with Crippen molar-refractivity contribution >= 4 is 5.97 Å². The molecular weight excluding hydrogens is 276 g/mol. The molecule has 0 atom stereocenters. The highest BCUT2D eigenvalue weighted by molar-refractivity contribution is 5.90. The van der Waals surface area contributed by atoms with E-state index in [1.807, 2.05) is 32.0 Å². The van der Waals surface area contributed by atoms with Crippen LogP contribution in [0.1, 0.15) is 72.9 Å². The van der Waals surface area contributed by atoms with Gasteiger partial charge < -0.3 is 0 Å². The molecule has 0 N–H and O–H groups in total. The van der Waals surface area contributed by atoms with Gasteiger partial charge in [-0.2, -0.15) is 4.89 Å². The van der Waals surface area contributed by atoms with Crippen molar-refractivity contribution in [3.05, 3.63) is 41.8 Å². The number of unbranched alkanes of at least 4 members (excludes halogenated alkanes) is 7. The third kappa shape index (κ3) is 7.60. The van der Waals surface area contributed by atoms with Crippen LogP contribution in [0.2, 0.25) is 0 Å². The summed E-state index contributed by atoms with van der Waals surface area (Å²) in [5.74, 6) is -0.408. The third-order valence-corrected chi connectivity index (χ3v) is 3.73. The van der Waals surface area contributed by atoms with Crippen molar-refractivity contribution in [2.75, 3.05) is 6.61 Å². The molecule has 0 aromatic heterocycles. The Hall–Kier alpha value is -1.35. The van der Waals surface area contributed by atoms with Crippen molar-refractivity contribution in [1.82, 2.24) is 0 Å². The van der Waals surface area contributed by atoms with Crippen LogP contribution in [-0.4, -0.2) is 12.6 Å². The van der Waals surface area contributed by atoms with Crippen molar-refractivity contribution in [3.63, 3.8) is 0 Å². The number of carbonyl (C=O) groups excluding carboxylic acids is 1. The van der Waals surface area contributed by atoms with Crippen LogP contribution in [0.15, 0.2) is 18.2 Å². The molecule has 1 radical (unpaired) electrons. The summed E-state index contributed by atoms with van der Waals surface area (Å²) in [6.45, 7) is 8.16. The number of rotatable bonds is 11. The van der Waals surface area contributed by atoms with Gasteiger partial charge in [0.05, 0.1) is 12.2 Å². The van der Waals surface area contributed by atoms with E-state index in [4.69, 9.17) is 9.78 Å². The number of carbonyl (C=O) groups is 1. The molecule has 1 aromatic carbocycles. The minimum Gasteiger partial charge on any atom is -0.293 e. The predicted octanol–water partition coefficient (Wildman–Crippen LogP) is 5.35. The van der Waals surface area contributed by atoms with E-state index in [0.717, 1.165) is 30.4 Å². The summed E-state index contributed by atoms with van der Waals surface area (Å²) in [5, 5.41) is 0. The van der Waals surface area contributed by atoms with E-state index >= 15 is 0 Å². The largest absolute Gasteiger partial charge is 0.373 e. The topological polar surface area (TPSA) is 35.5 Å². The summed E-state index contributed by atoms with van der Waals surface area (Å²) >= 11 is 0.